The van der Waals surface area contributed by atoms with Crippen LogP contribution in [0, 0.1) is 23.7 Å². The first-order valence-electron chi connectivity index (χ1n) is 16.0. The molecule has 0 aromatic heterocycles. The third-order valence-electron chi connectivity index (χ3n) is 7.91. The summed E-state index contributed by atoms with van der Waals surface area (Å²) < 4.78 is 0. The van der Waals surface area contributed by atoms with Gasteiger partial charge in [-0.25, -0.2) is 0 Å². The van der Waals surface area contributed by atoms with Crippen LogP contribution in [0.15, 0.2) is 80.0 Å². The second kappa shape index (κ2) is 17.1. The van der Waals surface area contributed by atoms with Gasteiger partial charge in [-0.1, -0.05) is 88.7 Å². The fourth-order valence-corrected chi connectivity index (χ4v) is 5.90. The van der Waals surface area contributed by atoms with Gasteiger partial charge < -0.3 is 5.11 Å². The summed E-state index contributed by atoms with van der Waals surface area (Å²) >= 11 is 0. The molecule has 1 fully saturated rings. The minimum absolute atomic E-state index is 0.0741. The molecule has 1 saturated carbocycles. The van der Waals surface area contributed by atoms with Crippen molar-refractivity contribution in [1.29, 1.82) is 0 Å². The van der Waals surface area contributed by atoms with Gasteiger partial charge in [-0.3, -0.25) is 4.79 Å². The van der Waals surface area contributed by atoms with Crippen LogP contribution >= 0.6 is 0 Å². The van der Waals surface area contributed by atoms with Crippen molar-refractivity contribution in [3.63, 3.8) is 0 Å². The second-order valence-corrected chi connectivity index (χ2v) is 13.9. The summed E-state index contributed by atoms with van der Waals surface area (Å²) in [7, 11) is 0. The van der Waals surface area contributed by atoms with Crippen LogP contribution in [0.25, 0.3) is 0 Å². The largest absolute Gasteiger partial charge is 0.848 e. The predicted molar refractivity (Wildman–Crippen MR) is 179 cm³/mol. The number of ketones is 1. The Labute approximate surface area is 254 Å². The summed E-state index contributed by atoms with van der Waals surface area (Å²) in [6.45, 7) is 29.8. The average Bonchev–Trinajstić information content (AvgIpc) is 3.14. The van der Waals surface area contributed by atoms with Gasteiger partial charge in [-0.05, 0) is 144 Å². The Morgan fingerprint density at radius 1 is 0.707 bits per heavy atom. The highest BCUT2D eigenvalue weighted by Crippen LogP contribution is 2.35. The lowest BCUT2D eigenvalue weighted by Gasteiger charge is -2.46. The van der Waals surface area contributed by atoms with Gasteiger partial charge in [-0.2, -0.15) is 0 Å². The number of rotatable bonds is 5. The van der Waals surface area contributed by atoms with E-state index in [9.17, 15) is 9.90 Å². The van der Waals surface area contributed by atoms with Crippen LogP contribution in [0.4, 0.5) is 0 Å². The van der Waals surface area contributed by atoms with E-state index in [4.69, 9.17) is 0 Å². The van der Waals surface area contributed by atoms with Crippen molar-refractivity contribution in [1.82, 2.24) is 0 Å². The number of allylic oxidation sites excluding steroid dienone is 13. The molecule has 0 bridgehead atoms. The molecular weight excluding hydrogens is 500 g/mol. The van der Waals surface area contributed by atoms with Crippen molar-refractivity contribution < 1.29 is 9.90 Å². The lowest BCUT2D eigenvalue weighted by molar-refractivity contribution is -0.425. The number of hydrogen-bond acceptors (Lipinski definition) is 2. The van der Waals surface area contributed by atoms with Crippen LogP contribution < -0.4 is 5.11 Å². The molecule has 0 amide bonds. The highest BCUT2D eigenvalue weighted by Gasteiger charge is 2.39. The molecule has 0 N–H and O–H groups in total. The van der Waals surface area contributed by atoms with Crippen LogP contribution in [0.1, 0.15) is 129 Å². The molecule has 41 heavy (non-hydrogen) atoms. The Kier molecular flexibility index (Phi) is 15.3. The van der Waals surface area contributed by atoms with Crippen LogP contribution in [-0.4, -0.2) is 11.9 Å². The zero-order chi connectivity index (χ0) is 31.6. The molecule has 3 aliphatic rings. The molecule has 230 valence electrons. The Morgan fingerprint density at radius 2 is 1.15 bits per heavy atom. The molecule has 2 nitrogen and oxygen atoms in total. The minimum Gasteiger partial charge on any atom is -0.848 e. The maximum Gasteiger partial charge on any atom is 0.160 e. The zero-order valence-corrected chi connectivity index (χ0v) is 29.0. The first-order chi connectivity index (χ1) is 19.0. The van der Waals surface area contributed by atoms with E-state index in [1.807, 2.05) is 27.7 Å². The molecular formula is C39H61O2-. The molecule has 0 heterocycles. The van der Waals surface area contributed by atoms with Crippen molar-refractivity contribution in [2.24, 2.45) is 23.7 Å². The van der Waals surface area contributed by atoms with E-state index < -0.39 is 6.10 Å². The lowest BCUT2D eigenvalue weighted by Crippen LogP contribution is -2.55. The summed E-state index contributed by atoms with van der Waals surface area (Å²) in [5.74, 6) is 1.33. The van der Waals surface area contributed by atoms with E-state index in [-0.39, 0.29) is 17.6 Å². The van der Waals surface area contributed by atoms with Gasteiger partial charge in [0.1, 0.15) is 0 Å². The Hall–Kier alpha value is -2.19. The third kappa shape index (κ3) is 11.5. The van der Waals surface area contributed by atoms with E-state index in [2.05, 4.69) is 93.5 Å². The molecule has 0 radical (unpaired) electrons. The van der Waals surface area contributed by atoms with Crippen LogP contribution in [0.2, 0.25) is 0 Å². The molecule has 2 unspecified atom stereocenters. The molecule has 2 atom stereocenters. The summed E-state index contributed by atoms with van der Waals surface area (Å²) in [5, 5.41) is 11.5. The maximum atomic E-state index is 11.5. The Morgan fingerprint density at radius 3 is 1.51 bits per heavy atom. The number of carbonyl (C=O) groups is 1. The summed E-state index contributed by atoms with van der Waals surface area (Å²) in [5.41, 5.74) is 13.5. The van der Waals surface area contributed by atoms with E-state index in [0.29, 0.717) is 17.4 Å². The smallest absolute Gasteiger partial charge is 0.160 e. The normalized spacial score (nSPS) is 22.6. The van der Waals surface area contributed by atoms with Crippen molar-refractivity contribution in [3.8, 4) is 0 Å². The fraction of sp³-hybridized carbons (Fsp3) is 0.615. The van der Waals surface area contributed by atoms with E-state index in [1.54, 1.807) is 16.7 Å². The molecule has 0 aromatic carbocycles. The van der Waals surface area contributed by atoms with Crippen LogP contribution in [0.3, 0.4) is 0 Å². The molecule has 2 heteroatoms. The molecule has 3 rings (SSSR count). The SMILES string of the molecule is CC(C)=C1C(=O)C(C(C)C)C1[O-].CC(C)=CC1=C(C)/C(=C/C(C)C)CCC1.CC(C)=CC1=C(C)/C(=C\C(C)C)CC1. The van der Waals surface area contributed by atoms with Crippen molar-refractivity contribution in [2.45, 2.75) is 135 Å². The predicted octanol–water partition coefficient (Wildman–Crippen LogP) is 10.6. The van der Waals surface area contributed by atoms with Crippen molar-refractivity contribution in [3.05, 3.63) is 80.0 Å². The molecule has 0 aromatic rings. The van der Waals surface area contributed by atoms with Gasteiger partial charge in [0, 0.05) is 5.92 Å². The van der Waals surface area contributed by atoms with Gasteiger partial charge >= 0.3 is 0 Å². The third-order valence-corrected chi connectivity index (χ3v) is 7.91. The van der Waals surface area contributed by atoms with Gasteiger partial charge in [0.2, 0.25) is 0 Å². The highest BCUT2D eigenvalue weighted by atomic mass is 16.3. The molecule has 0 spiro atoms. The standard InChI is InChI=1S/C15H24.C14H22.C10H15O2/c1-11(2)9-14-7-6-8-15(13(14)5)10-12(3)4;1-10(2)8-13-6-7-14(12(13)5)9-11(3)4;1-5(2)7-9(11)8(6(3)4)10(7)12/h9-11H,6-8H2,1-5H3;8-10H,6-7H2,1-5H3;5,7,9H,1-4H3/q;;-1/b14-9+;13-8-;. The van der Waals surface area contributed by atoms with E-state index in [1.165, 1.54) is 60.0 Å². The van der Waals surface area contributed by atoms with E-state index >= 15 is 0 Å². The summed E-state index contributed by atoms with van der Waals surface area (Å²) in [6.07, 6.45) is 15.1. The van der Waals surface area contributed by atoms with E-state index in [0.717, 1.165) is 5.57 Å². The number of carbonyl (C=O) groups excluding carboxylic acids is 1. The topological polar surface area (TPSA) is 40.1 Å². The van der Waals surface area contributed by atoms with Crippen LogP contribution in [-0.2, 0) is 4.79 Å². The molecule has 3 aliphatic carbocycles. The molecule has 0 aliphatic heterocycles. The maximum absolute atomic E-state index is 11.5. The quantitative estimate of drug-likeness (QED) is 0.313. The van der Waals surface area contributed by atoms with Gasteiger partial charge in [0.15, 0.2) is 5.78 Å². The average molecular weight is 562 g/mol. The fourth-order valence-electron chi connectivity index (χ4n) is 5.90. The number of hydrogen-bond donors (Lipinski definition) is 0. The first-order valence-corrected chi connectivity index (χ1v) is 16.0. The molecule has 0 saturated heterocycles. The number of Topliss-reactive ketones (excluding diaryl/α,β-unsaturated/α-hetero) is 1. The second-order valence-electron chi connectivity index (χ2n) is 13.9. The summed E-state index contributed by atoms with van der Waals surface area (Å²) in [4.78, 5) is 11.4. The van der Waals surface area contributed by atoms with Crippen LogP contribution in [0.5, 0.6) is 0 Å². The van der Waals surface area contributed by atoms with Gasteiger partial charge in [0.05, 0.1) is 0 Å². The first kappa shape index (κ1) is 36.8. The van der Waals surface area contributed by atoms with Crippen molar-refractivity contribution in [2.75, 3.05) is 0 Å². The van der Waals surface area contributed by atoms with Crippen molar-refractivity contribution >= 4 is 5.78 Å². The Balaban J connectivity index is 0.000000309. The van der Waals surface area contributed by atoms with Gasteiger partial charge in [0.25, 0.3) is 0 Å². The zero-order valence-electron chi connectivity index (χ0n) is 29.0. The Bertz CT molecular complexity index is 1130. The summed E-state index contributed by atoms with van der Waals surface area (Å²) in [6, 6.07) is 0. The monoisotopic (exact) mass is 561 g/mol. The highest BCUT2D eigenvalue weighted by molar-refractivity contribution is 6.06. The lowest BCUT2D eigenvalue weighted by atomic mass is 9.68. The van der Waals surface area contributed by atoms with Gasteiger partial charge in [-0.15, -0.1) is 0 Å². The minimum atomic E-state index is -0.762.